The quantitative estimate of drug-likeness (QED) is 0.149. The zero-order valence-electron chi connectivity index (χ0n) is 18.5. The minimum absolute atomic E-state index is 0.755. The van der Waals surface area contributed by atoms with E-state index in [-0.39, 0.29) is 0 Å². The standard InChI is InChI=1S/C27H24N3Si/c1-16-12-18(15-28)24-20-8-6-7-9-21(20)30-22-14-19(31(3,4)5)13-17-10-11-29(2)26(25(17)22)23(16)27(24)30/h6-14H,1-5H3/q+1. The number of benzene rings is 3. The Kier molecular flexibility index (Phi) is 3.46. The SMILES string of the molecule is Cc1cc(C#N)c2c3ccccc3n3c4cc([Si](C)(C)C)cc5cc[n+](C)c(c1c23)c54. The molecule has 0 saturated carbocycles. The molecule has 4 heteroatoms. The lowest BCUT2D eigenvalue weighted by atomic mass is 9.97. The molecule has 3 nitrogen and oxygen atoms in total. The Labute approximate surface area is 182 Å². The second-order valence-corrected chi connectivity index (χ2v) is 14.9. The molecule has 3 aromatic heterocycles. The number of aromatic nitrogens is 2. The van der Waals surface area contributed by atoms with Gasteiger partial charge in [0.15, 0.2) is 6.20 Å². The third kappa shape index (κ3) is 2.24. The van der Waals surface area contributed by atoms with Gasteiger partial charge in [0, 0.05) is 16.8 Å². The fraction of sp³-hybridized carbons (Fsp3) is 0.185. The highest BCUT2D eigenvalue weighted by atomic mass is 28.3. The summed E-state index contributed by atoms with van der Waals surface area (Å²) in [6.07, 6.45) is 2.18. The van der Waals surface area contributed by atoms with Gasteiger partial charge in [-0.2, -0.15) is 5.26 Å². The molecule has 0 spiro atoms. The number of nitrogens with zero attached hydrogens (tertiary/aromatic N) is 3. The molecule has 31 heavy (non-hydrogen) atoms. The van der Waals surface area contributed by atoms with Gasteiger partial charge in [0.2, 0.25) is 5.52 Å². The normalized spacial score (nSPS) is 12.6. The first kappa shape index (κ1) is 18.4. The number of rotatable bonds is 1. The maximum Gasteiger partial charge on any atom is 0.224 e. The summed E-state index contributed by atoms with van der Waals surface area (Å²) in [7, 11) is 0.604. The number of fused-ring (bicyclic) bond motifs is 5. The Morgan fingerprint density at radius 3 is 2.45 bits per heavy atom. The highest BCUT2D eigenvalue weighted by Crippen LogP contribution is 2.41. The van der Waals surface area contributed by atoms with Crippen LogP contribution in [0.15, 0.2) is 54.7 Å². The fourth-order valence-electron chi connectivity index (χ4n) is 5.33. The van der Waals surface area contributed by atoms with Crippen LogP contribution < -0.4 is 9.75 Å². The third-order valence-electron chi connectivity index (χ3n) is 6.82. The summed E-state index contributed by atoms with van der Waals surface area (Å²) in [5.74, 6) is 0. The first-order valence-electron chi connectivity index (χ1n) is 10.8. The molecule has 3 aromatic carbocycles. The molecule has 0 bridgehead atoms. The zero-order valence-corrected chi connectivity index (χ0v) is 19.5. The average Bonchev–Trinajstić information content (AvgIpc) is 3.08. The Bertz CT molecular complexity index is 1740. The van der Waals surface area contributed by atoms with Crippen molar-refractivity contribution in [3.8, 4) is 6.07 Å². The number of aryl methyl sites for hydroxylation is 2. The molecule has 150 valence electrons. The summed E-state index contributed by atoms with van der Waals surface area (Å²) in [6, 6.07) is 20.1. The third-order valence-corrected chi connectivity index (χ3v) is 8.84. The van der Waals surface area contributed by atoms with E-state index in [0.29, 0.717) is 0 Å². The Morgan fingerprint density at radius 1 is 0.935 bits per heavy atom. The van der Waals surface area contributed by atoms with E-state index in [1.807, 2.05) is 0 Å². The average molecular weight is 419 g/mol. The molecule has 6 aromatic rings. The van der Waals surface area contributed by atoms with Gasteiger partial charge in [-0.15, -0.1) is 0 Å². The smallest absolute Gasteiger partial charge is 0.224 e. The highest BCUT2D eigenvalue weighted by Gasteiger charge is 2.27. The summed E-state index contributed by atoms with van der Waals surface area (Å²) < 4.78 is 4.67. The molecule has 0 unspecified atom stereocenters. The van der Waals surface area contributed by atoms with Gasteiger partial charge in [0.25, 0.3) is 0 Å². The van der Waals surface area contributed by atoms with Crippen molar-refractivity contribution in [3.05, 3.63) is 65.9 Å². The van der Waals surface area contributed by atoms with Gasteiger partial charge in [0.1, 0.15) is 7.05 Å². The van der Waals surface area contributed by atoms with Gasteiger partial charge in [-0.05, 0) is 36.1 Å². The first-order valence-corrected chi connectivity index (χ1v) is 14.3. The largest absolute Gasteiger partial charge is 0.307 e. The fourth-order valence-corrected chi connectivity index (χ4v) is 6.48. The minimum atomic E-state index is -1.53. The monoisotopic (exact) mass is 418 g/mol. The van der Waals surface area contributed by atoms with Gasteiger partial charge in [-0.1, -0.05) is 49.1 Å². The molecule has 6 rings (SSSR count). The van der Waals surface area contributed by atoms with Crippen LogP contribution in [0.2, 0.25) is 19.6 Å². The van der Waals surface area contributed by atoms with Gasteiger partial charge < -0.3 is 4.40 Å². The van der Waals surface area contributed by atoms with Gasteiger partial charge >= 0.3 is 0 Å². The first-order chi connectivity index (χ1) is 14.8. The van der Waals surface area contributed by atoms with Crippen molar-refractivity contribution >= 4 is 62.3 Å². The van der Waals surface area contributed by atoms with E-state index in [0.717, 1.165) is 21.9 Å². The topological polar surface area (TPSA) is 32.1 Å². The molecule has 0 aliphatic rings. The molecule has 0 saturated heterocycles. The van der Waals surface area contributed by atoms with Crippen molar-refractivity contribution in [1.29, 1.82) is 5.26 Å². The van der Waals surface area contributed by atoms with Crippen LogP contribution >= 0.6 is 0 Å². The van der Waals surface area contributed by atoms with Crippen LogP contribution in [0.5, 0.6) is 0 Å². The Balaban J connectivity index is 2.09. The van der Waals surface area contributed by atoms with Crippen LogP contribution in [-0.2, 0) is 7.05 Å². The number of hydrogen-bond donors (Lipinski definition) is 0. The van der Waals surface area contributed by atoms with Crippen LogP contribution in [0.25, 0.3) is 49.0 Å². The van der Waals surface area contributed by atoms with Crippen LogP contribution in [0.3, 0.4) is 0 Å². The molecule has 0 N–H and O–H groups in total. The van der Waals surface area contributed by atoms with Gasteiger partial charge in [-0.3, -0.25) is 0 Å². The summed E-state index contributed by atoms with van der Waals surface area (Å²) >= 11 is 0. The maximum absolute atomic E-state index is 10.0. The molecule has 0 aliphatic heterocycles. The number of para-hydroxylation sites is 1. The van der Waals surface area contributed by atoms with Crippen molar-refractivity contribution in [2.24, 2.45) is 7.05 Å². The van der Waals surface area contributed by atoms with E-state index in [2.05, 4.69) is 103 Å². The van der Waals surface area contributed by atoms with Crippen LogP contribution in [0.1, 0.15) is 11.1 Å². The van der Waals surface area contributed by atoms with Crippen LogP contribution in [-0.4, -0.2) is 12.5 Å². The summed E-state index contributed by atoms with van der Waals surface area (Å²) in [6.45, 7) is 9.35. The van der Waals surface area contributed by atoms with Crippen molar-refractivity contribution in [2.45, 2.75) is 26.6 Å². The van der Waals surface area contributed by atoms with Crippen molar-refractivity contribution in [1.82, 2.24) is 4.40 Å². The molecule has 0 fully saturated rings. The van der Waals surface area contributed by atoms with E-state index in [1.54, 1.807) is 0 Å². The van der Waals surface area contributed by atoms with E-state index in [4.69, 9.17) is 0 Å². The molecule has 0 amide bonds. The molecule has 0 aliphatic carbocycles. The predicted octanol–water partition coefficient (Wildman–Crippen LogP) is 5.54. The van der Waals surface area contributed by atoms with Crippen molar-refractivity contribution in [3.63, 3.8) is 0 Å². The second-order valence-electron chi connectivity index (χ2n) is 9.79. The van der Waals surface area contributed by atoms with E-state index < -0.39 is 8.07 Å². The maximum atomic E-state index is 10.0. The van der Waals surface area contributed by atoms with Gasteiger partial charge in [-0.25, -0.2) is 4.57 Å². The summed E-state index contributed by atoms with van der Waals surface area (Å²) in [4.78, 5) is 0. The van der Waals surface area contributed by atoms with E-state index in [9.17, 15) is 5.26 Å². The Hall–Kier alpha value is -3.42. The molecule has 0 atom stereocenters. The highest BCUT2D eigenvalue weighted by molar-refractivity contribution is 6.89. The summed E-state index contributed by atoms with van der Waals surface area (Å²) in [5, 5.41) is 17.5. The van der Waals surface area contributed by atoms with Crippen LogP contribution in [0.4, 0.5) is 0 Å². The minimum Gasteiger partial charge on any atom is -0.307 e. The zero-order chi connectivity index (χ0) is 21.7. The predicted molar refractivity (Wildman–Crippen MR) is 132 cm³/mol. The summed E-state index contributed by atoms with van der Waals surface area (Å²) in [5.41, 5.74) is 6.74. The molecule has 3 heterocycles. The lowest BCUT2D eigenvalue weighted by Gasteiger charge is -2.20. The van der Waals surface area contributed by atoms with Crippen molar-refractivity contribution < 1.29 is 4.57 Å². The molecular formula is C27H24N3Si+. The van der Waals surface area contributed by atoms with Crippen LogP contribution in [0, 0.1) is 18.3 Å². The number of hydrogen-bond acceptors (Lipinski definition) is 1. The lowest BCUT2D eigenvalue weighted by molar-refractivity contribution is -0.643. The molecule has 0 radical (unpaired) electrons. The molecular weight excluding hydrogens is 394 g/mol. The van der Waals surface area contributed by atoms with Gasteiger partial charge in [0.05, 0.1) is 47.0 Å². The van der Waals surface area contributed by atoms with E-state index in [1.165, 1.54) is 43.4 Å². The van der Waals surface area contributed by atoms with Crippen molar-refractivity contribution in [2.75, 3.05) is 0 Å². The number of nitriles is 1. The Morgan fingerprint density at radius 2 is 1.71 bits per heavy atom. The van der Waals surface area contributed by atoms with E-state index >= 15 is 0 Å². The lowest BCUT2D eigenvalue weighted by Crippen LogP contribution is -2.38. The second kappa shape index (κ2) is 5.84. The number of pyridine rings is 2.